The number of hydrogen-bond acceptors (Lipinski definition) is 3. The fourth-order valence-electron chi connectivity index (χ4n) is 1.99. The maximum absolute atomic E-state index is 12.3. The van der Waals surface area contributed by atoms with Crippen LogP contribution in [0.1, 0.15) is 23.2 Å². The van der Waals surface area contributed by atoms with Crippen LogP contribution in [0.3, 0.4) is 0 Å². The molecule has 0 fully saturated rings. The minimum Gasteiger partial charge on any atom is -0.338 e. The predicted molar refractivity (Wildman–Crippen MR) is 83.1 cm³/mol. The third-order valence-corrected chi connectivity index (χ3v) is 4.05. The van der Waals surface area contributed by atoms with E-state index in [4.69, 9.17) is 11.6 Å². The first-order chi connectivity index (χ1) is 9.58. The Balaban J connectivity index is 2.02. The molecule has 1 heterocycles. The SMILES string of the molecule is CCN(Cc1cccc(Cl)c1)C(=O)Cc1csc(C)n1. The molecule has 1 aromatic carbocycles. The summed E-state index contributed by atoms with van der Waals surface area (Å²) in [5.74, 6) is 0.0952. The molecule has 0 aliphatic heterocycles. The highest BCUT2D eigenvalue weighted by Gasteiger charge is 2.14. The zero-order valence-corrected chi connectivity index (χ0v) is 13.2. The number of carbonyl (C=O) groups excluding carboxylic acids is 1. The van der Waals surface area contributed by atoms with Crippen LogP contribution in [0.2, 0.25) is 5.02 Å². The zero-order valence-electron chi connectivity index (χ0n) is 11.6. The Labute approximate surface area is 128 Å². The van der Waals surface area contributed by atoms with Gasteiger partial charge in [-0.3, -0.25) is 4.79 Å². The molecule has 0 saturated heterocycles. The highest BCUT2D eigenvalue weighted by Crippen LogP contribution is 2.14. The second-order valence-electron chi connectivity index (χ2n) is 4.57. The molecule has 5 heteroatoms. The van der Waals surface area contributed by atoms with E-state index in [9.17, 15) is 4.79 Å². The number of aryl methyl sites for hydroxylation is 1. The average Bonchev–Trinajstić information content (AvgIpc) is 2.81. The fraction of sp³-hybridized carbons (Fsp3) is 0.333. The van der Waals surface area contributed by atoms with Gasteiger partial charge in [-0.05, 0) is 31.5 Å². The number of halogens is 1. The molecule has 106 valence electrons. The Hall–Kier alpha value is -1.39. The van der Waals surface area contributed by atoms with Crippen molar-refractivity contribution < 1.29 is 4.79 Å². The first-order valence-electron chi connectivity index (χ1n) is 6.51. The number of hydrogen-bond donors (Lipinski definition) is 0. The van der Waals surface area contributed by atoms with Crippen LogP contribution in [0.25, 0.3) is 0 Å². The van der Waals surface area contributed by atoms with Crippen molar-refractivity contribution in [2.75, 3.05) is 6.54 Å². The van der Waals surface area contributed by atoms with Crippen molar-refractivity contribution >= 4 is 28.8 Å². The summed E-state index contributed by atoms with van der Waals surface area (Å²) in [5.41, 5.74) is 1.89. The summed E-state index contributed by atoms with van der Waals surface area (Å²) in [5, 5.41) is 3.63. The number of thiazole rings is 1. The number of amides is 1. The summed E-state index contributed by atoms with van der Waals surface area (Å²) in [6, 6.07) is 7.61. The lowest BCUT2D eigenvalue weighted by Crippen LogP contribution is -2.31. The fourth-order valence-corrected chi connectivity index (χ4v) is 2.81. The van der Waals surface area contributed by atoms with Crippen LogP contribution in [-0.4, -0.2) is 22.3 Å². The van der Waals surface area contributed by atoms with Crippen LogP contribution in [0.5, 0.6) is 0 Å². The third-order valence-electron chi connectivity index (χ3n) is 3.00. The molecule has 0 atom stereocenters. The standard InChI is InChI=1S/C15H17ClN2OS/c1-3-18(9-12-5-4-6-13(16)7-12)15(19)8-14-10-20-11(2)17-14/h4-7,10H,3,8-9H2,1-2H3. The van der Waals surface area contributed by atoms with Gasteiger partial charge in [0.1, 0.15) is 0 Å². The molecule has 0 unspecified atom stereocenters. The van der Waals surface area contributed by atoms with Gasteiger partial charge in [-0.1, -0.05) is 23.7 Å². The summed E-state index contributed by atoms with van der Waals surface area (Å²) in [7, 11) is 0. The van der Waals surface area contributed by atoms with E-state index in [-0.39, 0.29) is 5.91 Å². The van der Waals surface area contributed by atoms with Crippen molar-refractivity contribution in [1.82, 2.24) is 9.88 Å². The maximum atomic E-state index is 12.3. The summed E-state index contributed by atoms with van der Waals surface area (Å²) >= 11 is 7.54. The Bertz CT molecular complexity index is 597. The van der Waals surface area contributed by atoms with Crippen LogP contribution in [0, 0.1) is 6.92 Å². The third kappa shape index (κ3) is 4.05. The number of likely N-dealkylation sites (N-methyl/N-ethyl adjacent to an activating group) is 1. The van der Waals surface area contributed by atoms with Crippen molar-refractivity contribution in [2.24, 2.45) is 0 Å². The minimum absolute atomic E-state index is 0.0952. The van der Waals surface area contributed by atoms with Gasteiger partial charge in [-0.2, -0.15) is 0 Å². The van der Waals surface area contributed by atoms with Gasteiger partial charge in [0.25, 0.3) is 0 Å². The number of benzene rings is 1. The van der Waals surface area contributed by atoms with Gasteiger partial charge in [0.2, 0.25) is 5.91 Å². The molecular formula is C15H17ClN2OS. The van der Waals surface area contributed by atoms with E-state index in [1.165, 1.54) is 0 Å². The van der Waals surface area contributed by atoms with Gasteiger partial charge in [-0.15, -0.1) is 11.3 Å². The molecule has 0 radical (unpaired) electrons. The van der Waals surface area contributed by atoms with E-state index in [1.807, 2.05) is 48.4 Å². The Morgan fingerprint density at radius 2 is 2.25 bits per heavy atom. The number of carbonyl (C=O) groups is 1. The molecule has 1 amide bonds. The van der Waals surface area contributed by atoms with E-state index in [0.717, 1.165) is 16.3 Å². The predicted octanol–water partition coefficient (Wildman–Crippen LogP) is 3.70. The molecule has 0 spiro atoms. The normalized spacial score (nSPS) is 10.6. The molecule has 2 rings (SSSR count). The quantitative estimate of drug-likeness (QED) is 0.844. The average molecular weight is 309 g/mol. The van der Waals surface area contributed by atoms with E-state index >= 15 is 0 Å². The van der Waals surface area contributed by atoms with Crippen LogP contribution in [0.4, 0.5) is 0 Å². The Kier molecular flexibility index (Phi) is 5.15. The van der Waals surface area contributed by atoms with Crippen LogP contribution in [0.15, 0.2) is 29.6 Å². The maximum Gasteiger partial charge on any atom is 0.228 e. The summed E-state index contributed by atoms with van der Waals surface area (Å²) < 4.78 is 0. The molecule has 3 nitrogen and oxygen atoms in total. The van der Waals surface area contributed by atoms with Crippen LogP contribution in [-0.2, 0) is 17.8 Å². The monoisotopic (exact) mass is 308 g/mol. The molecule has 0 saturated carbocycles. The first kappa shape index (κ1) is 15.0. The molecular weight excluding hydrogens is 292 g/mol. The van der Waals surface area contributed by atoms with E-state index < -0.39 is 0 Å². The minimum atomic E-state index is 0.0952. The first-order valence-corrected chi connectivity index (χ1v) is 7.77. The molecule has 2 aromatic rings. The Morgan fingerprint density at radius 1 is 1.45 bits per heavy atom. The Morgan fingerprint density at radius 3 is 2.85 bits per heavy atom. The topological polar surface area (TPSA) is 33.2 Å². The van der Waals surface area contributed by atoms with Crippen molar-refractivity contribution in [3.8, 4) is 0 Å². The number of aromatic nitrogens is 1. The van der Waals surface area contributed by atoms with E-state index in [1.54, 1.807) is 11.3 Å². The van der Waals surface area contributed by atoms with Crippen molar-refractivity contribution in [2.45, 2.75) is 26.8 Å². The molecule has 0 N–H and O–H groups in total. The molecule has 1 aromatic heterocycles. The van der Waals surface area contributed by atoms with Gasteiger partial charge in [-0.25, -0.2) is 4.98 Å². The lowest BCUT2D eigenvalue weighted by atomic mass is 10.2. The summed E-state index contributed by atoms with van der Waals surface area (Å²) in [4.78, 5) is 18.5. The molecule has 20 heavy (non-hydrogen) atoms. The molecule has 0 bridgehead atoms. The van der Waals surface area contributed by atoms with Gasteiger partial charge in [0.15, 0.2) is 0 Å². The van der Waals surface area contributed by atoms with Crippen molar-refractivity contribution in [3.63, 3.8) is 0 Å². The van der Waals surface area contributed by atoms with Gasteiger partial charge < -0.3 is 4.90 Å². The lowest BCUT2D eigenvalue weighted by molar-refractivity contribution is -0.130. The van der Waals surface area contributed by atoms with Gasteiger partial charge in [0, 0.05) is 23.5 Å². The highest BCUT2D eigenvalue weighted by molar-refractivity contribution is 7.09. The van der Waals surface area contributed by atoms with Crippen molar-refractivity contribution in [1.29, 1.82) is 0 Å². The zero-order chi connectivity index (χ0) is 14.5. The largest absolute Gasteiger partial charge is 0.338 e. The van der Waals surface area contributed by atoms with Crippen LogP contribution >= 0.6 is 22.9 Å². The molecule has 0 aliphatic rings. The van der Waals surface area contributed by atoms with E-state index in [2.05, 4.69) is 4.98 Å². The second kappa shape index (κ2) is 6.86. The number of rotatable bonds is 5. The summed E-state index contributed by atoms with van der Waals surface area (Å²) in [6.45, 7) is 5.18. The van der Waals surface area contributed by atoms with Gasteiger partial charge >= 0.3 is 0 Å². The van der Waals surface area contributed by atoms with E-state index in [0.29, 0.717) is 24.5 Å². The molecule has 0 aliphatic carbocycles. The van der Waals surface area contributed by atoms with Crippen LogP contribution < -0.4 is 0 Å². The smallest absolute Gasteiger partial charge is 0.228 e. The van der Waals surface area contributed by atoms with Gasteiger partial charge in [0.05, 0.1) is 17.1 Å². The number of nitrogens with zero attached hydrogens (tertiary/aromatic N) is 2. The summed E-state index contributed by atoms with van der Waals surface area (Å²) in [6.07, 6.45) is 0.360. The highest BCUT2D eigenvalue weighted by atomic mass is 35.5. The van der Waals surface area contributed by atoms with Crippen molar-refractivity contribution in [3.05, 3.63) is 50.9 Å². The lowest BCUT2D eigenvalue weighted by Gasteiger charge is -2.20. The second-order valence-corrected chi connectivity index (χ2v) is 6.07.